The van der Waals surface area contributed by atoms with Gasteiger partial charge in [-0.3, -0.25) is 4.90 Å². The predicted molar refractivity (Wildman–Crippen MR) is 114 cm³/mol. The van der Waals surface area contributed by atoms with Crippen molar-refractivity contribution >= 4 is 34.4 Å². The number of rotatable bonds is 8. The fraction of sp³-hybridized carbons (Fsp3) is 0.300. The van der Waals surface area contributed by atoms with Crippen LogP contribution in [0.25, 0.3) is 0 Å². The summed E-state index contributed by atoms with van der Waals surface area (Å²) in [5.41, 5.74) is 3.45. The molecular weight excluding hydrogens is 376 g/mol. The summed E-state index contributed by atoms with van der Waals surface area (Å²) in [6.07, 6.45) is 0. The van der Waals surface area contributed by atoms with Gasteiger partial charge in [-0.25, -0.2) is 4.68 Å². The van der Waals surface area contributed by atoms with Crippen LogP contribution in [0.2, 0.25) is 0 Å². The number of aromatic nitrogens is 2. The average molecular weight is 401 g/mol. The van der Waals surface area contributed by atoms with Crippen LogP contribution in [0.5, 0.6) is 5.75 Å². The molecule has 1 heterocycles. The van der Waals surface area contributed by atoms with Crippen molar-refractivity contribution in [1.82, 2.24) is 14.7 Å². The minimum Gasteiger partial charge on any atom is -0.494 e. The maximum Gasteiger partial charge on any atom is 0.209 e. The second kappa shape index (κ2) is 9.12. The number of ether oxygens (including phenoxy) is 1. The third-order valence-electron chi connectivity index (χ3n) is 3.94. The van der Waals surface area contributed by atoms with Gasteiger partial charge in [0.25, 0.3) is 0 Å². The highest BCUT2D eigenvalue weighted by atomic mass is 32.1. The minimum absolute atomic E-state index is 0.637. The maximum atomic E-state index is 5.49. The van der Waals surface area contributed by atoms with Crippen LogP contribution in [0.4, 0.5) is 10.8 Å². The molecule has 7 heteroatoms. The molecule has 0 amide bonds. The van der Waals surface area contributed by atoms with Crippen molar-refractivity contribution in [3.8, 4) is 5.75 Å². The molecule has 142 valence electrons. The molecule has 0 fully saturated rings. The molecule has 1 aromatic heterocycles. The Bertz CT molecular complexity index is 934. The minimum atomic E-state index is 0.637. The van der Waals surface area contributed by atoms with E-state index in [0.717, 1.165) is 27.1 Å². The number of nitrogens with one attached hydrogen (secondary N) is 1. The lowest BCUT2D eigenvalue weighted by atomic mass is 10.2. The van der Waals surface area contributed by atoms with E-state index in [4.69, 9.17) is 17.0 Å². The average Bonchev–Trinajstić information content (AvgIpc) is 2.96. The van der Waals surface area contributed by atoms with Gasteiger partial charge < -0.3 is 10.1 Å². The third-order valence-corrected chi connectivity index (χ3v) is 5.16. The van der Waals surface area contributed by atoms with E-state index < -0.39 is 0 Å². The molecule has 2 aromatic carbocycles. The monoisotopic (exact) mass is 400 g/mol. The molecule has 0 aliphatic heterocycles. The van der Waals surface area contributed by atoms with Gasteiger partial charge in [0.1, 0.15) is 5.75 Å². The fourth-order valence-corrected chi connectivity index (χ4v) is 3.75. The Kier molecular flexibility index (Phi) is 6.60. The van der Waals surface area contributed by atoms with Gasteiger partial charge in [0.15, 0.2) is 3.95 Å². The standard InChI is InChI=1S/C20H24N4OS2/c1-4-25-18-10-8-16(9-11-18)13-23(3)14-24-20(26)27-19(22-24)21-17-7-5-6-15(2)12-17/h5-12H,4,13-14H2,1-3H3,(H,21,22). The lowest BCUT2D eigenvalue weighted by Crippen LogP contribution is -2.22. The normalized spacial score (nSPS) is 11.0. The summed E-state index contributed by atoms with van der Waals surface area (Å²) in [6.45, 7) is 6.19. The van der Waals surface area contributed by atoms with Crippen molar-refractivity contribution < 1.29 is 4.74 Å². The molecular formula is C20H24N4OS2. The Labute approximate surface area is 169 Å². The van der Waals surface area contributed by atoms with Crippen molar-refractivity contribution in [2.75, 3.05) is 19.0 Å². The van der Waals surface area contributed by atoms with E-state index in [-0.39, 0.29) is 0 Å². The summed E-state index contributed by atoms with van der Waals surface area (Å²) in [6, 6.07) is 16.4. The maximum absolute atomic E-state index is 5.49. The molecule has 0 saturated carbocycles. The van der Waals surface area contributed by atoms with Gasteiger partial charge in [-0.1, -0.05) is 35.6 Å². The first-order valence-electron chi connectivity index (χ1n) is 8.85. The highest BCUT2D eigenvalue weighted by Gasteiger charge is 2.08. The Balaban J connectivity index is 1.61. The van der Waals surface area contributed by atoms with Crippen LogP contribution in [0, 0.1) is 10.9 Å². The van der Waals surface area contributed by atoms with Crippen molar-refractivity contribution in [3.05, 3.63) is 63.6 Å². The van der Waals surface area contributed by atoms with Gasteiger partial charge >= 0.3 is 0 Å². The SMILES string of the molecule is CCOc1ccc(CN(C)Cn2nc(Nc3cccc(C)c3)sc2=S)cc1. The number of anilines is 2. The molecule has 0 aliphatic carbocycles. The Morgan fingerprint density at radius 1 is 1.22 bits per heavy atom. The van der Waals surface area contributed by atoms with Crippen molar-refractivity contribution in [3.63, 3.8) is 0 Å². The molecule has 0 aliphatic rings. The van der Waals surface area contributed by atoms with E-state index in [1.807, 2.05) is 35.9 Å². The smallest absolute Gasteiger partial charge is 0.209 e. The lowest BCUT2D eigenvalue weighted by Gasteiger charge is -2.16. The first kappa shape index (κ1) is 19.5. The Morgan fingerprint density at radius 2 is 2.00 bits per heavy atom. The Hall–Kier alpha value is -2.22. The number of hydrogen-bond acceptors (Lipinski definition) is 6. The molecule has 0 saturated heterocycles. The van der Waals surface area contributed by atoms with E-state index in [2.05, 4.69) is 53.6 Å². The van der Waals surface area contributed by atoms with Crippen molar-refractivity contribution in [2.24, 2.45) is 0 Å². The first-order valence-corrected chi connectivity index (χ1v) is 10.1. The zero-order valence-electron chi connectivity index (χ0n) is 15.8. The van der Waals surface area contributed by atoms with Crippen LogP contribution in [-0.2, 0) is 13.2 Å². The van der Waals surface area contributed by atoms with Crippen molar-refractivity contribution in [2.45, 2.75) is 27.1 Å². The van der Waals surface area contributed by atoms with E-state index in [9.17, 15) is 0 Å². The van der Waals surface area contributed by atoms with Gasteiger partial charge in [0, 0.05) is 12.2 Å². The summed E-state index contributed by atoms with van der Waals surface area (Å²) in [5, 5.41) is 8.75. The molecule has 3 rings (SSSR count). The molecule has 0 radical (unpaired) electrons. The summed E-state index contributed by atoms with van der Waals surface area (Å²) < 4.78 is 8.10. The van der Waals surface area contributed by atoms with Crippen LogP contribution < -0.4 is 10.1 Å². The number of hydrogen-bond donors (Lipinski definition) is 1. The fourth-order valence-electron chi connectivity index (χ4n) is 2.74. The second-order valence-electron chi connectivity index (χ2n) is 6.40. The van der Waals surface area contributed by atoms with E-state index in [0.29, 0.717) is 13.3 Å². The van der Waals surface area contributed by atoms with Gasteiger partial charge in [0.2, 0.25) is 5.13 Å². The summed E-state index contributed by atoms with van der Waals surface area (Å²) in [7, 11) is 2.06. The highest BCUT2D eigenvalue weighted by Crippen LogP contribution is 2.21. The van der Waals surface area contributed by atoms with E-state index in [1.165, 1.54) is 22.5 Å². The topological polar surface area (TPSA) is 42.3 Å². The molecule has 5 nitrogen and oxygen atoms in total. The summed E-state index contributed by atoms with van der Waals surface area (Å²) >= 11 is 6.96. The first-order chi connectivity index (χ1) is 13.0. The molecule has 0 atom stereocenters. The van der Waals surface area contributed by atoms with Crippen LogP contribution >= 0.6 is 23.6 Å². The van der Waals surface area contributed by atoms with Crippen LogP contribution in [0.3, 0.4) is 0 Å². The van der Waals surface area contributed by atoms with E-state index in [1.54, 1.807) is 0 Å². The lowest BCUT2D eigenvalue weighted by molar-refractivity contribution is 0.245. The molecule has 0 unspecified atom stereocenters. The largest absolute Gasteiger partial charge is 0.494 e. The van der Waals surface area contributed by atoms with Crippen LogP contribution in [-0.4, -0.2) is 28.3 Å². The molecule has 0 bridgehead atoms. The molecule has 1 N–H and O–H groups in total. The zero-order chi connectivity index (χ0) is 19.2. The van der Waals surface area contributed by atoms with E-state index >= 15 is 0 Å². The molecule has 3 aromatic rings. The number of benzene rings is 2. The highest BCUT2D eigenvalue weighted by molar-refractivity contribution is 7.73. The van der Waals surface area contributed by atoms with Crippen LogP contribution in [0.15, 0.2) is 48.5 Å². The predicted octanol–water partition coefficient (Wildman–Crippen LogP) is 5.21. The van der Waals surface area contributed by atoms with Gasteiger partial charge in [-0.05, 0) is 68.5 Å². The summed E-state index contributed by atoms with van der Waals surface area (Å²) in [4.78, 5) is 2.18. The van der Waals surface area contributed by atoms with Gasteiger partial charge in [-0.15, -0.1) is 5.10 Å². The number of aryl methyl sites for hydroxylation is 1. The van der Waals surface area contributed by atoms with Gasteiger partial charge in [-0.2, -0.15) is 0 Å². The zero-order valence-corrected chi connectivity index (χ0v) is 17.4. The molecule has 27 heavy (non-hydrogen) atoms. The third kappa shape index (κ3) is 5.63. The quantitative estimate of drug-likeness (QED) is 0.526. The molecule has 0 spiro atoms. The Morgan fingerprint density at radius 3 is 2.70 bits per heavy atom. The van der Waals surface area contributed by atoms with Gasteiger partial charge in [0.05, 0.1) is 13.3 Å². The summed E-state index contributed by atoms with van der Waals surface area (Å²) in [5.74, 6) is 0.900. The van der Waals surface area contributed by atoms with Crippen molar-refractivity contribution in [1.29, 1.82) is 0 Å². The second-order valence-corrected chi connectivity index (χ2v) is 8.02. The number of nitrogens with zero attached hydrogens (tertiary/aromatic N) is 3. The van der Waals surface area contributed by atoms with Crippen LogP contribution in [0.1, 0.15) is 18.1 Å².